The summed E-state index contributed by atoms with van der Waals surface area (Å²) in [5, 5.41) is 4.98. The fourth-order valence-corrected chi connectivity index (χ4v) is 1.37. The van der Waals surface area contributed by atoms with Gasteiger partial charge in [-0.1, -0.05) is 12.1 Å². The lowest BCUT2D eigenvalue weighted by Crippen LogP contribution is -2.36. The van der Waals surface area contributed by atoms with E-state index in [1.165, 1.54) is 13.2 Å². The van der Waals surface area contributed by atoms with Gasteiger partial charge in [-0.2, -0.15) is 0 Å². The molecule has 4 N–H and O–H groups in total. The van der Waals surface area contributed by atoms with Crippen LogP contribution in [0.5, 0.6) is 0 Å². The fourth-order valence-electron chi connectivity index (χ4n) is 1.37. The van der Waals surface area contributed by atoms with E-state index in [0.717, 1.165) is 5.56 Å². The number of carbonyl (C=O) groups is 3. The molecule has 0 saturated carbocycles. The Bertz CT molecular complexity index is 538. The molecular formula is C14H17N3O4. The Balaban J connectivity index is 2.50. The number of carbonyl (C=O) groups excluding carboxylic acids is 3. The predicted molar refractivity (Wildman–Crippen MR) is 78.2 cm³/mol. The fraction of sp³-hybridized carbons (Fsp3) is 0.214. The minimum atomic E-state index is -0.442. The first-order valence-electron chi connectivity index (χ1n) is 6.18. The molecule has 0 unspecified atom stereocenters. The Labute approximate surface area is 122 Å². The van der Waals surface area contributed by atoms with Crippen LogP contribution in [-0.4, -0.2) is 38.0 Å². The van der Waals surface area contributed by atoms with Crippen molar-refractivity contribution in [3.8, 4) is 0 Å². The smallest absolute Gasteiger partial charge is 0.330 e. The number of benzene rings is 1. The number of amides is 2. The first-order chi connectivity index (χ1) is 10.0. The highest BCUT2D eigenvalue weighted by molar-refractivity contribution is 5.94. The van der Waals surface area contributed by atoms with Crippen LogP contribution in [0.2, 0.25) is 0 Å². The second-order valence-electron chi connectivity index (χ2n) is 4.01. The van der Waals surface area contributed by atoms with E-state index in [-0.39, 0.29) is 19.0 Å². The van der Waals surface area contributed by atoms with Crippen LogP contribution in [0.3, 0.4) is 0 Å². The number of rotatable bonds is 6. The van der Waals surface area contributed by atoms with Crippen LogP contribution in [-0.2, 0) is 19.1 Å². The molecule has 1 aromatic carbocycles. The van der Waals surface area contributed by atoms with Crippen LogP contribution in [0.25, 0.3) is 6.08 Å². The number of hydrogen-bond donors (Lipinski definition) is 3. The van der Waals surface area contributed by atoms with Gasteiger partial charge in [-0.3, -0.25) is 9.59 Å². The topological polar surface area (TPSA) is 111 Å². The van der Waals surface area contributed by atoms with Crippen molar-refractivity contribution in [3.63, 3.8) is 0 Å². The van der Waals surface area contributed by atoms with Gasteiger partial charge < -0.3 is 21.1 Å². The highest BCUT2D eigenvalue weighted by atomic mass is 16.5. The van der Waals surface area contributed by atoms with Gasteiger partial charge in [0.05, 0.1) is 20.2 Å². The van der Waals surface area contributed by atoms with Crippen LogP contribution in [0.15, 0.2) is 30.3 Å². The summed E-state index contributed by atoms with van der Waals surface area (Å²) in [5.41, 5.74) is 6.47. The summed E-state index contributed by atoms with van der Waals surface area (Å²) >= 11 is 0. The monoisotopic (exact) mass is 291 g/mol. The lowest BCUT2D eigenvalue weighted by molar-refractivity contribution is -0.134. The molecule has 7 heteroatoms. The molecule has 0 aliphatic heterocycles. The molecule has 0 heterocycles. The van der Waals surface area contributed by atoms with Crippen molar-refractivity contribution in [2.24, 2.45) is 5.73 Å². The lowest BCUT2D eigenvalue weighted by atomic mass is 10.2. The molecular weight excluding hydrogens is 274 g/mol. The zero-order valence-electron chi connectivity index (χ0n) is 11.6. The van der Waals surface area contributed by atoms with Gasteiger partial charge in [0.2, 0.25) is 11.8 Å². The molecule has 0 spiro atoms. The van der Waals surface area contributed by atoms with Gasteiger partial charge in [0, 0.05) is 11.8 Å². The quantitative estimate of drug-likeness (QED) is 0.500. The molecule has 0 fully saturated rings. The van der Waals surface area contributed by atoms with Crippen LogP contribution in [0.1, 0.15) is 5.56 Å². The summed E-state index contributed by atoms with van der Waals surface area (Å²) in [5.74, 6) is -1.19. The van der Waals surface area contributed by atoms with E-state index in [9.17, 15) is 14.4 Å². The molecule has 0 radical (unpaired) electrons. The number of esters is 1. The number of anilines is 1. The third-order valence-corrected chi connectivity index (χ3v) is 2.44. The minimum absolute atomic E-state index is 0.139. The molecule has 0 aromatic heterocycles. The maximum atomic E-state index is 11.5. The van der Waals surface area contributed by atoms with Crippen molar-refractivity contribution in [2.75, 3.05) is 25.5 Å². The summed E-state index contributed by atoms with van der Waals surface area (Å²) in [6.07, 6.45) is 2.90. The van der Waals surface area contributed by atoms with Crippen molar-refractivity contribution in [1.29, 1.82) is 0 Å². The largest absolute Gasteiger partial charge is 0.466 e. The minimum Gasteiger partial charge on any atom is -0.466 e. The van der Waals surface area contributed by atoms with E-state index in [1.54, 1.807) is 30.3 Å². The second kappa shape index (κ2) is 8.49. The van der Waals surface area contributed by atoms with Crippen LogP contribution >= 0.6 is 0 Å². The van der Waals surface area contributed by atoms with Crippen LogP contribution in [0.4, 0.5) is 5.69 Å². The number of methoxy groups -OCH3 is 1. The van der Waals surface area contributed by atoms with Gasteiger partial charge in [-0.25, -0.2) is 4.79 Å². The molecule has 1 rings (SSSR count). The molecule has 0 saturated heterocycles. The first-order valence-corrected chi connectivity index (χ1v) is 6.18. The maximum absolute atomic E-state index is 11.5. The zero-order valence-corrected chi connectivity index (χ0v) is 11.6. The highest BCUT2D eigenvalue weighted by Gasteiger charge is 2.04. The Morgan fingerprint density at radius 1 is 1.19 bits per heavy atom. The molecule has 0 aliphatic rings. The maximum Gasteiger partial charge on any atom is 0.330 e. The van der Waals surface area contributed by atoms with E-state index >= 15 is 0 Å². The third kappa shape index (κ3) is 6.35. The van der Waals surface area contributed by atoms with Crippen molar-refractivity contribution < 1.29 is 19.1 Å². The summed E-state index contributed by atoms with van der Waals surface area (Å²) < 4.78 is 4.48. The Morgan fingerprint density at radius 3 is 2.43 bits per heavy atom. The van der Waals surface area contributed by atoms with Gasteiger partial charge in [0.15, 0.2) is 0 Å². The van der Waals surface area contributed by atoms with Gasteiger partial charge >= 0.3 is 5.97 Å². The van der Waals surface area contributed by atoms with Crippen LogP contribution in [0, 0.1) is 0 Å². The predicted octanol–water partition coefficient (Wildman–Crippen LogP) is -0.114. The average molecular weight is 291 g/mol. The van der Waals surface area contributed by atoms with Crippen LogP contribution < -0.4 is 16.4 Å². The molecule has 7 nitrogen and oxygen atoms in total. The molecule has 112 valence electrons. The first kappa shape index (κ1) is 16.4. The number of ether oxygens (including phenoxy) is 1. The number of nitrogens with two attached hydrogens (primary N) is 1. The molecule has 0 aliphatic carbocycles. The normalized spacial score (nSPS) is 10.2. The van der Waals surface area contributed by atoms with E-state index in [1.807, 2.05) is 0 Å². The Morgan fingerprint density at radius 2 is 1.86 bits per heavy atom. The Kier molecular flexibility index (Phi) is 6.62. The summed E-state index contributed by atoms with van der Waals surface area (Å²) in [7, 11) is 1.30. The summed E-state index contributed by atoms with van der Waals surface area (Å²) in [6.45, 7) is -0.297. The third-order valence-electron chi connectivity index (χ3n) is 2.44. The molecule has 0 bridgehead atoms. The highest BCUT2D eigenvalue weighted by Crippen LogP contribution is 2.10. The molecule has 0 atom stereocenters. The van der Waals surface area contributed by atoms with E-state index in [4.69, 9.17) is 5.73 Å². The zero-order chi connectivity index (χ0) is 15.7. The molecule has 2 amide bonds. The van der Waals surface area contributed by atoms with Crippen molar-refractivity contribution in [1.82, 2.24) is 5.32 Å². The number of hydrogen-bond acceptors (Lipinski definition) is 5. The molecule has 1 aromatic rings. The SMILES string of the molecule is COC(=O)C=Cc1ccc(NC(=O)CNC(=O)CN)cc1. The van der Waals surface area contributed by atoms with Crippen molar-refractivity contribution >= 4 is 29.5 Å². The van der Waals surface area contributed by atoms with E-state index in [0.29, 0.717) is 5.69 Å². The van der Waals surface area contributed by atoms with Crippen molar-refractivity contribution in [2.45, 2.75) is 0 Å². The van der Waals surface area contributed by atoms with Gasteiger partial charge in [-0.05, 0) is 23.8 Å². The average Bonchev–Trinajstić information content (AvgIpc) is 2.51. The van der Waals surface area contributed by atoms with Gasteiger partial charge in [-0.15, -0.1) is 0 Å². The van der Waals surface area contributed by atoms with Gasteiger partial charge in [0.25, 0.3) is 0 Å². The summed E-state index contributed by atoms with van der Waals surface area (Å²) in [4.78, 5) is 33.4. The van der Waals surface area contributed by atoms with E-state index < -0.39 is 11.9 Å². The standard InChI is InChI=1S/C14H17N3O4/c1-21-14(20)7-4-10-2-5-11(6-3-10)17-13(19)9-16-12(18)8-15/h2-7H,8-9,15H2,1H3,(H,16,18)(H,17,19). The van der Waals surface area contributed by atoms with E-state index in [2.05, 4.69) is 15.4 Å². The molecule has 21 heavy (non-hydrogen) atoms. The Hall–Kier alpha value is -2.67. The lowest BCUT2D eigenvalue weighted by Gasteiger charge is -2.06. The number of nitrogens with one attached hydrogen (secondary N) is 2. The van der Waals surface area contributed by atoms with Crippen molar-refractivity contribution in [3.05, 3.63) is 35.9 Å². The summed E-state index contributed by atoms with van der Waals surface area (Å²) in [6, 6.07) is 6.82. The van der Waals surface area contributed by atoms with Gasteiger partial charge in [0.1, 0.15) is 0 Å². The second-order valence-corrected chi connectivity index (χ2v) is 4.01.